The lowest BCUT2D eigenvalue weighted by Crippen LogP contribution is -2.32. The zero-order valence-electron chi connectivity index (χ0n) is 21.1. The molecule has 2 amide bonds. The minimum absolute atomic E-state index is 0.0365. The van der Waals surface area contributed by atoms with E-state index in [4.69, 9.17) is 0 Å². The molecule has 184 valence electrons. The maximum atomic E-state index is 12.6. The van der Waals surface area contributed by atoms with Gasteiger partial charge in [0.25, 0.3) is 5.91 Å². The summed E-state index contributed by atoms with van der Waals surface area (Å²) in [5, 5.41) is 0. The number of rotatable bonds is 10. The Labute approximate surface area is 200 Å². The number of likely N-dealkylation sites (tertiary alicyclic amines) is 1. The van der Waals surface area contributed by atoms with E-state index in [1.165, 1.54) is 0 Å². The minimum Gasteiger partial charge on any atom is -0.342 e. The number of hydrogen-bond donors (Lipinski definition) is 0. The molecular formula is C28H44N2O3. The molecule has 3 aliphatic rings. The molecule has 3 rings (SSSR count). The van der Waals surface area contributed by atoms with Crippen LogP contribution >= 0.6 is 0 Å². The van der Waals surface area contributed by atoms with Gasteiger partial charge in [-0.05, 0) is 68.3 Å². The lowest BCUT2D eigenvalue weighted by atomic mass is 9.79. The first kappa shape index (κ1) is 25.7. The summed E-state index contributed by atoms with van der Waals surface area (Å²) in [6.45, 7) is 13.3. The van der Waals surface area contributed by atoms with Crippen LogP contribution in [0.4, 0.5) is 0 Å². The molecule has 0 N–H and O–H groups in total. The molecule has 1 aliphatic carbocycles. The second-order valence-corrected chi connectivity index (χ2v) is 11.6. The SMILES string of the molecule is C=C1C=CC(=O)N1CC1CCC(C(=O)CCCCCCC(=O)N2CC[C@H](C(C)(C)C)C2)CC1. The first-order valence-electron chi connectivity index (χ1n) is 13.1. The summed E-state index contributed by atoms with van der Waals surface area (Å²) in [5.41, 5.74) is 1.06. The van der Waals surface area contributed by atoms with Crippen molar-refractivity contribution in [1.29, 1.82) is 0 Å². The van der Waals surface area contributed by atoms with Crippen LogP contribution < -0.4 is 0 Å². The normalized spacial score (nSPS) is 25.8. The first-order chi connectivity index (χ1) is 15.6. The van der Waals surface area contributed by atoms with Crippen molar-refractivity contribution in [2.24, 2.45) is 23.2 Å². The van der Waals surface area contributed by atoms with E-state index in [0.717, 1.165) is 83.1 Å². The molecule has 0 aromatic heterocycles. The molecular weight excluding hydrogens is 412 g/mol. The average Bonchev–Trinajstić information content (AvgIpc) is 3.39. The standard InChI is InChI=1S/C28H44N2O3/c1-21-11-16-27(33)30(21)19-22-12-14-23(15-13-22)25(31)9-7-5-6-8-10-26(32)29-18-17-24(20-29)28(2,3)4/h11,16,22-24H,1,5-10,12-15,17-20H2,2-4H3/t22?,23?,24-/m0/s1. The Bertz CT molecular complexity index is 738. The van der Waals surface area contributed by atoms with Crippen molar-refractivity contribution in [3.8, 4) is 0 Å². The number of Topliss-reactive ketones (excluding diaryl/α,β-unsaturated/α-hetero) is 1. The van der Waals surface area contributed by atoms with Gasteiger partial charge in [-0.15, -0.1) is 0 Å². The summed E-state index contributed by atoms with van der Waals surface area (Å²) in [6.07, 6.45) is 13.7. The summed E-state index contributed by atoms with van der Waals surface area (Å²) in [7, 11) is 0. The van der Waals surface area contributed by atoms with E-state index in [-0.39, 0.29) is 17.2 Å². The van der Waals surface area contributed by atoms with Gasteiger partial charge in [0.05, 0.1) is 0 Å². The van der Waals surface area contributed by atoms with Crippen LogP contribution in [0.3, 0.4) is 0 Å². The third kappa shape index (κ3) is 7.28. The monoisotopic (exact) mass is 456 g/mol. The summed E-state index contributed by atoms with van der Waals surface area (Å²) in [6, 6.07) is 0. The van der Waals surface area contributed by atoms with Crippen molar-refractivity contribution in [1.82, 2.24) is 9.80 Å². The Kier molecular flexibility index (Phi) is 8.95. The van der Waals surface area contributed by atoms with Crippen molar-refractivity contribution in [3.05, 3.63) is 24.4 Å². The van der Waals surface area contributed by atoms with Crippen molar-refractivity contribution in [3.63, 3.8) is 0 Å². The zero-order valence-corrected chi connectivity index (χ0v) is 21.1. The Hall–Kier alpha value is -1.91. The van der Waals surface area contributed by atoms with Gasteiger partial charge in [-0.2, -0.15) is 0 Å². The summed E-state index contributed by atoms with van der Waals surface area (Å²) < 4.78 is 0. The molecule has 2 aliphatic heterocycles. The van der Waals surface area contributed by atoms with Crippen molar-refractivity contribution < 1.29 is 14.4 Å². The van der Waals surface area contributed by atoms with E-state index in [9.17, 15) is 14.4 Å². The van der Waals surface area contributed by atoms with Gasteiger partial charge in [-0.1, -0.05) is 40.2 Å². The fraction of sp³-hybridized carbons (Fsp3) is 0.750. The van der Waals surface area contributed by atoms with Crippen LogP contribution in [-0.4, -0.2) is 47.0 Å². The predicted molar refractivity (Wildman–Crippen MR) is 132 cm³/mol. The first-order valence-corrected chi connectivity index (χ1v) is 13.1. The molecule has 0 radical (unpaired) electrons. The van der Waals surface area contributed by atoms with E-state index in [0.29, 0.717) is 36.4 Å². The zero-order chi connectivity index (χ0) is 24.0. The van der Waals surface area contributed by atoms with Gasteiger partial charge in [0, 0.05) is 50.2 Å². The van der Waals surface area contributed by atoms with Gasteiger partial charge in [-0.25, -0.2) is 0 Å². The summed E-state index contributed by atoms with van der Waals surface area (Å²) >= 11 is 0. The van der Waals surface area contributed by atoms with Gasteiger partial charge in [0.1, 0.15) is 5.78 Å². The fourth-order valence-corrected chi connectivity index (χ4v) is 5.61. The van der Waals surface area contributed by atoms with Crippen LogP contribution in [0.2, 0.25) is 0 Å². The number of ketones is 1. The smallest absolute Gasteiger partial charge is 0.251 e. The van der Waals surface area contributed by atoms with E-state index in [1.54, 1.807) is 17.1 Å². The van der Waals surface area contributed by atoms with Crippen LogP contribution in [0.25, 0.3) is 0 Å². The predicted octanol–water partition coefficient (Wildman–Crippen LogP) is 5.51. The largest absolute Gasteiger partial charge is 0.342 e. The van der Waals surface area contributed by atoms with Crippen LogP contribution in [-0.2, 0) is 14.4 Å². The van der Waals surface area contributed by atoms with Crippen molar-refractivity contribution in [2.45, 2.75) is 91.4 Å². The number of unbranched alkanes of at least 4 members (excludes halogenated alkanes) is 3. The highest BCUT2D eigenvalue weighted by atomic mass is 16.2. The average molecular weight is 457 g/mol. The van der Waals surface area contributed by atoms with Gasteiger partial charge < -0.3 is 9.80 Å². The molecule has 0 spiro atoms. The van der Waals surface area contributed by atoms with Crippen LogP contribution in [0.5, 0.6) is 0 Å². The summed E-state index contributed by atoms with van der Waals surface area (Å²) in [4.78, 5) is 40.8. The number of nitrogens with zero attached hydrogens (tertiary/aromatic N) is 2. The van der Waals surface area contributed by atoms with Gasteiger partial charge >= 0.3 is 0 Å². The Morgan fingerprint density at radius 1 is 0.970 bits per heavy atom. The Morgan fingerprint density at radius 2 is 1.64 bits per heavy atom. The third-order valence-electron chi connectivity index (χ3n) is 8.10. The topological polar surface area (TPSA) is 57.7 Å². The van der Waals surface area contributed by atoms with Crippen molar-refractivity contribution in [2.75, 3.05) is 19.6 Å². The molecule has 33 heavy (non-hydrogen) atoms. The van der Waals surface area contributed by atoms with Crippen LogP contribution in [0, 0.1) is 23.2 Å². The lowest BCUT2D eigenvalue weighted by molar-refractivity contribution is -0.130. The van der Waals surface area contributed by atoms with Gasteiger partial charge in [-0.3, -0.25) is 14.4 Å². The van der Waals surface area contributed by atoms with Crippen LogP contribution in [0.1, 0.15) is 91.4 Å². The lowest BCUT2D eigenvalue weighted by Gasteiger charge is -2.31. The molecule has 1 saturated carbocycles. The van der Waals surface area contributed by atoms with E-state index < -0.39 is 0 Å². The number of allylic oxidation sites excluding steroid dienone is 1. The highest BCUT2D eigenvalue weighted by Gasteiger charge is 2.33. The molecule has 0 aromatic rings. The molecule has 0 bridgehead atoms. The molecule has 0 aromatic carbocycles. The molecule has 2 heterocycles. The number of hydrogen-bond acceptors (Lipinski definition) is 3. The molecule has 1 atom stereocenters. The van der Waals surface area contributed by atoms with E-state index in [2.05, 4.69) is 32.3 Å². The van der Waals surface area contributed by atoms with E-state index in [1.807, 2.05) is 0 Å². The maximum Gasteiger partial charge on any atom is 0.251 e. The Balaban J connectivity index is 1.23. The molecule has 1 saturated heterocycles. The van der Waals surface area contributed by atoms with E-state index >= 15 is 0 Å². The molecule has 2 fully saturated rings. The number of carbonyl (C=O) groups is 3. The molecule has 5 heteroatoms. The van der Waals surface area contributed by atoms with Crippen molar-refractivity contribution >= 4 is 17.6 Å². The quantitative estimate of drug-likeness (QED) is 0.407. The molecule has 0 unspecified atom stereocenters. The highest BCUT2D eigenvalue weighted by Crippen LogP contribution is 2.34. The summed E-state index contributed by atoms with van der Waals surface area (Å²) in [5.74, 6) is 2.05. The molecule has 5 nitrogen and oxygen atoms in total. The maximum absolute atomic E-state index is 12.6. The van der Waals surface area contributed by atoms with Crippen LogP contribution in [0.15, 0.2) is 24.4 Å². The third-order valence-corrected chi connectivity index (χ3v) is 8.10. The van der Waals surface area contributed by atoms with Gasteiger partial charge in [0.2, 0.25) is 5.91 Å². The minimum atomic E-state index is 0.0365. The fourth-order valence-electron chi connectivity index (χ4n) is 5.61. The highest BCUT2D eigenvalue weighted by molar-refractivity contribution is 5.93. The second kappa shape index (κ2) is 11.5. The number of carbonyl (C=O) groups excluding carboxylic acids is 3. The second-order valence-electron chi connectivity index (χ2n) is 11.6. The number of amides is 2. The van der Waals surface area contributed by atoms with Gasteiger partial charge in [0.15, 0.2) is 0 Å². The Morgan fingerprint density at radius 3 is 2.21 bits per heavy atom.